The molecule has 1 unspecified atom stereocenters. The molecule has 0 saturated carbocycles. The molecule has 0 aliphatic carbocycles. The van der Waals surface area contributed by atoms with E-state index in [0.29, 0.717) is 49.7 Å². The summed E-state index contributed by atoms with van der Waals surface area (Å²) < 4.78 is 11.2. The first-order valence-corrected chi connectivity index (χ1v) is 7.92. The van der Waals surface area contributed by atoms with Gasteiger partial charge in [-0.25, -0.2) is 0 Å². The van der Waals surface area contributed by atoms with E-state index in [9.17, 15) is 14.7 Å². The maximum atomic E-state index is 12.7. The lowest BCUT2D eigenvalue weighted by Crippen LogP contribution is -2.48. The molecule has 2 aliphatic rings. The summed E-state index contributed by atoms with van der Waals surface area (Å²) in [6.07, 6.45) is 2.09. The van der Waals surface area contributed by atoms with Crippen molar-refractivity contribution in [1.82, 2.24) is 4.90 Å². The summed E-state index contributed by atoms with van der Waals surface area (Å²) in [4.78, 5) is 25.8. The van der Waals surface area contributed by atoms with Gasteiger partial charge in [-0.05, 0) is 38.0 Å². The van der Waals surface area contributed by atoms with Gasteiger partial charge in [0.25, 0.3) is 5.91 Å². The van der Waals surface area contributed by atoms with E-state index in [4.69, 9.17) is 9.47 Å². The number of carbonyl (C=O) groups is 2. The van der Waals surface area contributed by atoms with E-state index in [-0.39, 0.29) is 12.5 Å². The fourth-order valence-corrected chi connectivity index (χ4v) is 3.07. The van der Waals surface area contributed by atoms with Crippen LogP contribution < -0.4 is 9.47 Å². The number of carboxylic acids is 1. The van der Waals surface area contributed by atoms with E-state index < -0.39 is 11.4 Å². The molecule has 2 aliphatic heterocycles. The van der Waals surface area contributed by atoms with Gasteiger partial charge in [0.05, 0.1) is 18.6 Å². The summed E-state index contributed by atoms with van der Waals surface area (Å²) in [5, 5.41) is 9.38. The van der Waals surface area contributed by atoms with Gasteiger partial charge in [-0.15, -0.1) is 0 Å². The summed E-state index contributed by atoms with van der Waals surface area (Å²) >= 11 is 0. The maximum Gasteiger partial charge on any atom is 0.311 e. The highest BCUT2D eigenvalue weighted by Gasteiger charge is 2.39. The average Bonchev–Trinajstić information content (AvgIpc) is 2.78. The first kappa shape index (κ1) is 15.6. The number of hydrogen-bond donors (Lipinski definition) is 1. The Balaban J connectivity index is 1.80. The Morgan fingerprint density at radius 1 is 1.17 bits per heavy atom. The second-order valence-corrected chi connectivity index (χ2v) is 6.41. The first-order chi connectivity index (χ1) is 11.0. The number of ether oxygens (including phenoxy) is 2. The third-order valence-electron chi connectivity index (χ3n) is 4.49. The lowest BCUT2D eigenvalue weighted by atomic mass is 9.82. The molecule has 1 atom stereocenters. The average molecular weight is 319 g/mol. The van der Waals surface area contributed by atoms with Gasteiger partial charge < -0.3 is 19.5 Å². The second kappa shape index (κ2) is 6.10. The molecule has 0 spiro atoms. The fraction of sp³-hybridized carbons (Fsp3) is 0.529. The molecule has 2 heterocycles. The molecular weight excluding hydrogens is 298 g/mol. The van der Waals surface area contributed by atoms with Gasteiger partial charge in [0.1, 0.15) is 0 Å². The van der Waals surface area contributed by atoms with Gasteiger partial charge in [0.2, 0.25) is 0 Å². The van der Waals surface area contributed by atoms with Crippen LogP contribution in [0.15, 0.2) is 18.2 Å². The predicted octanol–water partition coefficient (Wildman–Crippen LogP) is 2.17. The van der Waals surface area contributed by atoms with E-state index in [1.165, 1.54) is 0 Å². The number of likely N-dealkylation sites (tertiary alicyclic amines) is 1. The van der Waals surface area contributed by atoms with Crippen LogP contribution in [0.2, 0.25) is 0 Å². The smallest absolute Gasteiger partial charge is 0.311 e. The Labute approximate surface area is 135 Å². The number of nitrogens with zero attached hydrogens (tertiary/aromatic N) is 1. The van der Waals surface area contributed by atoms with E-state index in [0.717, 1.165) is 6.42 Å². The van der Waals surface area contributed by atoms with E-state index >= 15 is 0 Å². The topological polar surface area (TPSA) is 76.1 Å². The number of rotatable bonds is 2. The molecule has 1 fully saturated rings. The van der Waals surface area contributed by atoms with Crippen LogP contribution in [0.4, 0.5) is 0 Å². The second-order valence-electron chi connectivity index (χ2n) is 6.41. The lowest BCUT2D eigenvalue weighted by Gasteiger charge is -2.37. The molecule has 1 aromatic carbocycles. The van der Waals surface area contributed by atoms with Crippen LogP contribution in [0, 0.1) is 5.41 Å². The van der Waals surface area contributed by atoms with Crippen molar-refractivity contribution in [1.29, 1.82) is 0 Å². The minimum atomic E-state index is -0.876. The largest absolute Gasteiger partial charge is 0.490 e. The summed E-state index contributed by atoms with van der Waals surface area (Å²) in [6, 6.07) is 5.15. The van der Waals surface area contributed by atoms with Crippen LogP contribution in [0.1, 0.15) is 36.5 Å². The zero-order valence-corrected chi connectivity index (χ0v) is 13.2. The van der Waals surface area contributed by atoms with Gasteiger partial charge in [0, 0.05) is 25.1 Å². The highest BCUT2D eigenvalue weighted by molar-refractivity contribution is 5.95. The number of piperidine rings is 1. The van der Waals surface area contributed by atoms with E-state index in [1.807, 2.05) is 0 Å². The maximum absolute atomic E-state index is 12.7. The third kappa shape index (κ3) is 3.11. The molecule has 1 aromatic rings. The molecular formula is C17H21NO5. The Kier molecular flexibility index (Phi) is 4.15. The number of carboxylic acid groups (broad SMARTS) is 1. The van der Waals surface area contributed by atoms with Crippen molar-refractivity contribution in [2.45, 2.75) is 26.2 Å². The normalized spacial score (nSPS) is 24.0. The Morgan fingerprint density at radius 3 is 2.65 bits per heavy atom. The van der Waals surface area contributed by atoms with Gasteiger partial charge in [-0.2, -0.15) is 0 Å². The Morgan fingerprint density at radius 2 is 1.91 bits per heavy atom. The molecule has 124 valence electrons. The van der Waals surface area contributed by atoms with Crippen LogP contribution in [-0.4, -0.2) is 48.2 Å². The van der Waals surface area contributed by atoms with Crippen molar-refractivity contribution in [3.05, 3.63) is 23.8 Å². The molecule has 6 nitrogen and oxygen atoms in total. The highest BCUT2D eigenvalue weighted by atomic mass is 16.5. The molecule has 0 aromatic heterocycles. The van der Waals surface area contributed by atoms with Gasteiger partial charge in [-0.3, -0.25) is 9.59 Å². The predicted molar refractivity (Wildman–Crippen MR) is 82.9 cm³/mol. The molecule has 6 heteroatoms. The molecule has 23 heavy (non-hydrogen) atoms. The van der Waals surface area contributed by atoms with Crippen molar-refractivity contribution >= 4 is 11.9 Å². The quantitative estimate of drug-likeness (QED) is 0.904. The zero-order valence-electron chi connectivity index (χ0n) is 13.2. The molecule has 1 saturated heterocycles. The highest BCUT2D eigenvalue weighted by Crippen LogP contribution is 2.33. The zero-order chi connectivity index (χ0) is 16.4. The first-order valence-electron chi connectivity index (χ1n) is 7.92. The van der Waals surface area contributed by atoms with Crippen LogP contribution >= 0.6 is 0 Å². The van der Waals surface area contributed by atoms with Crippen molar-refractivity contribution in [3.8, 4) is 11.5 Å². The minimum Gasteiger partial charge on any atom is -0.490 e. The standard InChI is InChI=1S/C17H21NO5/c1-17(16(20)21)6-2-7-18(11-17)15(19)12-4-5-13-14(10-12)23-9-3-8-22-13/h4-5,10H,2-3,6-9,11H2,1H3,(H,20,21). The number of fused-ring (bicyclic) bond motifs is 1. The summed E-state index contributed by atoms with van der Waals surface area (Å²) in [5.74, 6) is 0.209. The van der Waals surface area contributed by atoms with Gasteiger partial charge >= 0.3 is 5.97 Å². The fourth-order valence-electron chi connectivity index (χ4n) is 3.07. The molecule has 1 amide bonds. The lowest BCUT2D eigenvalue weighted by molar-refractivity contribution is -0.150. The van der Waals surface area contributed by atoms with Crippen molar-refractivity contribution in [2.75, 3.05) is 26.3 Å². The van der Waals surface area contributed by atoms with Crippen molar-refractivity contribution < 1.29 is 24.2 Å². The number of carbonyl (C=O) groups excluding carboxylic acids is 1. The molecule has 3 rings (SSSR count). The van der Waals surface area contributed by atoms with Crippen LogP contribution in [-0.2, 0) is 4.79 Å². The summed E-state index contributed by atoms with van der Waals surface area (Å²) in [5.41, 5.74) is -0.372. The van der Waals surface area contributed by atoms with Crippen LogP contribution in [0.5, 0.6) is 11.5 Å². The molecule has 1 N–H and O–H groups in total. The number of hydrogen-bond acceptors (Lipinski definition) is 4. The number of amides is 1. The molecule has 0 bridgehead atoms. The van der Waals surface area contributed by atoms with Gasteiger partial charge in [0.15, 0.2) is 11.5 Å². The summed E-state index contributed by atoms with van der Waals surface area (Å²) in [6.45, 7) is 3.67. The van der Waals surface area contributed by atoms with Crippen LogP contribution in [0.3, 0.4) is 0 Å². The number of aliphatic carboxylic acids is 1. The monoisotopic (exact) mass is 319 g/mol. The number of benzene rings is 1. The third-order valence-corrected chi connectivity index (χ3v) is 4.49. The van der Waals surface area contributed by atoms with Crippen molar-refractivity contribution in [3.63, 3.8) is 0 Å². The Bertz CT molecular complexity index is 629. The Hall–Kier alpha value is -2.24. The minimum absolute atomic E-state index is 0.159. The molecule has 0 radical (unpaired) electrons. The summed E-state index contributed by atoms with van der Waals surface area (Å²) in [7, 11) is 0. The van der Waals surface area contributed by atoms with Crippen LogP contribution in [0.25, 0.3) is 0 Å². The van der Waals surface area contributed by atoms with Gasteiger partial charge in [-0.1, -0.05) is 0 Å². The van der Waals surface area contributed by atoms with E-state index in [1.54, 1.807) is 30.0 Å². The SMILES string of the molecule is CC1(C(=O)O)CCCN(C(=O)c2ccc3c(c2)OCCCO3)C1. The van der Waals surface area contributed by atoms with Crippen molar-refractivity contribution in [2.24, 2.45) is 5.41 Å². The van der Waals surface area contributed by atoms with E-state index in [2.05, 4.69) is 0 Å².